The fraction of sp³-hybridized carbons (Fsp3) is 0.0667. The zero-order valence-corrected chi connectivity index (χ0v) is 12.9. The number of carbonyl (C=O) groups excluding carboxylic acids is 2. The van der Waals surface area contributed by atoms with E-state index in [2.05, 4.69) is 26.6 Å². The van der Waals surface area contributed by atoms with Crippen molar-refractivity contribution >= 4 is 44.8 Å². The zero-order valence-electron chi connectivity index (χ0n) is 11.3. The van der Waals surface area contributed by atoms with Gasteiger partial charge in [0.1, 0.15) is 0 Å². The molecule has 2 aromatic carbocycles. The van der Waals surface area contributed by atoms with E-state index in [0.717, 1.165) is 10.0 Å². The fourth-order valence-corrected chi connectivity index (χ4v) is 2.13. The predicted molar refractivity (Wildman–Crippen MR) is 87.0 cm³/mol. The standard InChI is InChI=1S/C15H14BrN3O2/c1-9-5-6-13(12(17)7-9)19-15(21)14(20)18-11-4-2-3-10(16)8-11/h2-8H,17H2,1H3,(H,18,20)(H,19,21). The smallest absolute Gasteiger partial charge is 0.314 e. The Morgan fingerprint density at radius 2 is 1.76 bits per heavy atom. The molecule has 0 unspecified atom stereocenters. The van der Waals surface area contributed by atoms with Crippen molar-refractivity contribution in [2.75, 3.05) is 16.4 Å². The van der Waals surface area contributed by atoms with Gasteiger partial charge in [-0.3, -0.25) is 9.59 Å². The van der Waals surface area contributed by atoms with E-state index in [9.17, 15) is 9.59 Å². The van der Waals surface area contributed by atoms with Gasteiger partial charge in [0.2, 0.25) is 0 Å². The largest absolute Gasteiger partial charge is 0.397 e. The molecule has 0 aromatic heterocycles. The van der Waals surface area contributed by atoms with Gasteiger partial charge < -0.3 is 16.4 Å². The molecule has 5 nitrogen and oxygen atoms in total. The third-order valence-corrected chi connectivity index (χ3v) is 3.24. The van der Waals surface area contributed by atoms with Crippen LogP contribution in [0.1, 0.15) is 5.56 Å². The first-order valence-electron chi connectivity index (χ1n) is 6.20. The molecule has 0 spiro atoms. The van der Waals surface area contributed by atoms with Crippen molar-refractivity contribution in [1.29, 1.82) is 0 Å². The van der Waals surface area contributed by atoms with Crippen LogP contribution in [0.5, 0.6) is 0 Å². The van der Waals surface area contributed by atoms with Gasteiger partial charge in [-0.1, -0.05) is 28.1 Å². The molecule has 0 saturated carbocycles. The highest BCUT2D eigenvalue weighted by molar-refractivity contribution is 9.10. The molecule has 0 fully saturated rings. The van der Waals surface area contributed by atoms with Gasteiger partial charge in [-0.2, -0.15) is 0 Å². The lowest BCUT2D eigenvalue weighted by Gasteiger charge is -2.09. The van der Waals surface area contributed by atoms with Crippen molar-refractivity contribution in [1.82, 2.24) is 0 Å². The Morgan fingerprint density at radius 3 is 2.43 bits per heavy atom. The molecule has 4 N–H and O–H groups in total. The van der Waals surface area contributed by atoms with Crippen LogP contribution in [0, 0.1) is 6.92 Å². The molecule has 2 rings (SSSR count). The Hall–Kier alpha value is -2.34. The van der Waals surface area contributed by atoms with Crippen molar-refractivity contribution in [3.8, 4) is 0 Å². The minimum Gasteiger partial charge on any atom is -0.397 e. The van der Waals surface area contributed by atoms with Crippen LogP contribution in [0.3, 0.4) is 0 Å². The van der Waals surface area contributed by atoms with Crippen LogP contribution in [0.25, 0.3) is 0 Å². The van der Waals surface area contributed by atoms with E-state index in [4.69, 9.17) is 5.73 Å². The number of nitrogens with one attached hydrogen (secondary N) is 2. The molecule has 0 aliphatic rings. The van der Waals surface area contributed by atoms with Crippen LogP contribution in [0.4, 0.5) is 17.1 Å². The van der Waals surface area contributed by atoms with Gasteiger partial charge in [0.25, 0.3) is 0 Å². The molecule has 0 bridgehead atoms. The quantitative estimate of drug-likeness (QED) is 0.576. The molecule has 0 aliphatic heterocycles. The topological polar surface area (TPSA) is 84.2 Å². The number of halogens is 1. The maximum Gasteiger partial charge on any atom is 0.314 e. The van der Waals surface area contributed by atoms with E-state index >= 15 is 0 Å². The fourth-order valence-electron chi connectivity index (χ4n) is 1.73. The Bertz CT molecular complexity index is 701. The first kappa shape index (κ1) is 15.1. The minimum absolute atomic E-state index is 0.412. The van der Waals surface area contributed by atoms with Crippen LogP contribution in [0.15, 0.2) is 46.9 Å². The highest BCUT2D eigenvalue weighted by Crippen LogP contribution is 2.19. The molecule has 0 saturated heterocycles. The van der Waals surface area contributed by atoms with Crippen LogP contribution in [-0.4, -0.2) is 11.8 Å². The summed E-state index contributed by atoms with van der Waals surface area (Å²) in [5.41, 5.74) is 8.12. The van der Waals surface area contributed by atoms with Crippen molar-refractivity contribution in [3.05, 3.63) is 52.5 Å². The summed E-state index contributed by atoms with van der Waals surface area (Å²) in [5.74, 6) is -1.53. The number of amides is 2. The number of hydrogen-bond acceptors (Lipinski definition) is 3. The second-order valence-electron chi connectivity index (χ2n) is 4.51. The Labute approximate surface area is 130 Å². The summed E-state index contributed by atoms with van der Waals surface area (Å²) < 4.78 is 0.809. The van der Waals surface area contributed by atoms with Crippen LogP contribution < -0.4 is 16.4 Å². The van der Waals surface area contributed by atoms with Gasteiger partial charge in [-0.25, -0.2) is 0 Å². The summed E-state index contributed by atoms with van der Waals surface area (Å²) in [4.78, 5) is 23.7. The predicted octanol–water partition coefficient (Wildman–Crippen LogP) is 2.92. The molecular weight excluding hydrogens is 334 g/mol. The summed E-state index contributed by atoms with van der Waals surface area (Å²) in [6.45, 7) is 1.89. The van der Waals surface area contributed by atoms with Gasteiger partial charge in [-0.15, -0.1) is 0 Å². The average molecular weight is 348 g/mol. The number of anilines is 3. The van der Waals surface area contributed by atoms with Crippen LogP contribution >= 0.6 is 15.9 Å². The van der Waals surface area contributed by atoms with Gasteiger partial charge in [0.15, 0.2) is 0 Å². The summed E-state index contributed by atoms with van der Waals surface area (Å²) in [7, 11) is 0. The van der Waals surface area contributed by atoms with E-state index < -0.39 is 11.8 Å². The van der Waals surface area contributed by atoms with Crippen LogP contribution in [-0.2, 0) is 9.59 Å². The molecule has 2 aromatic rings. The number of rotatable bonds is 2. The lowest BCUT2D eigenvalue weighted by molar-refractivity contribution is -0.132. The van der Waals surface area contributed by atoms with Crippen molar-refractivity contribution in [2.45, 2.75) is 6.92 Å². The van der Waals surface area contributed by atoms with E-state index in [-0.39, 0.29) is 0 Å². The SMILES string of the molecule is Cc1ccc(NC(=O)C(=O)Nc2cccc(Br)c2)c(N)c1. The Morgan fingerprint density at radius 1 is 1.05 bits per heavy atom. The highest BCUT2D eigenvalue weighted by Gasteiger charge is 2.15. The number of aryl methyl sites for hydroxylation is 1. The molecule has 108 valence electrons. The summed E-state index contributed by atoms with van der Waals surface area (Å²) in [5, 5.41) is 5.00. The number of hydrogen-bond donors (Lipinski definition) is 3. The first-order valence-corrected chi connectivity index (χ1v) is 6.99. The molecule has 0 radical (unpaired) electrons. The van der Waals surface area contributed by atoms with Crippen LogP contribution in [0.2, 0.25) is 0 Å². The summed E-state index contributed by atoms with van der Waals surface area (Å²) in [6, 6.07) is 12.2. The summed E-state index contributed by atoms with van der Waals surface area (Å²) in [6.07, 6.45) is 0. The maximum atomic E-state index is 11.8. The monoisotopic (exact) mass is 347 g/mol. The number of carbonyl (C=O) groups is 2. The lowest BCUT2D eigenvalue weighted by atomic mass is 10.2. The molecule has 0 atom stereocenters. The van der Waals surface area contributed by atoms with Crippen molar-refractivity contribution in [3.63, 3.8) is 0 Å². The second kappa shape index (κ2) is 6.41. The summed E-state index contributed by atoms with van der Waals surface area (Å²) >= 11 is 3.29. The Balaban J connectivity index is 2.04. The minimum atomic E-state index is -0.773. The molecule has 0 aliphatic carbocycles. The van der Waals surface area contributed by atoms with Gasteiger partial charge in [0, 0.05) is 10.2 Å². The number of nitrogens with two attached hydrogens (primary N) is 1. The first-order chi connectivity index (χ1) is 9.95. The normalized spacial score (nSPS) is 10.0. The second-order valence-corrected chi connectivity index (χ2v) is 5.42. The third kappa shape index (κ3) is 4.06. The van der Waals surface area contributed by atoms with Gasteiger partial charge in [0.05, 0.1) is 11.4 Å². The molecular formula is C15H14BrN3O2. The van der Waals surface area contributed by atoms with E-state index in [1.165, 1.54) is 0 Å². The molecule has 2 amide bonds. The van der Waals surface area contributed by atoms with E-state index in [1.54, 1.807) is 36.4 Å². The van der Waals surface area contributed by atoms with E-state index in [0.29, 0.717) is 17.1 Å². The van der Waals surface area contributed by atoms with Gasteiger partial charge >= 0.3 is 11.8 Å². The molecule has 6 heteroatoms. The lowest BCUT2D eigenvalue weighted by Crippen LogP contribution is -2.29. The molecule has 21 heavy (non-hydrogen) atoms. The van der Waals surface area contributed by atoms with E-state index in [1.807, 2.05) is 13.0 Å². The number of nitrogen functional groups attached to an aromatic ring is 1. The highest BCUT2D eigenvalue weighted by atomic mass is 79.9. The zero-order chi connectivity index (χ0) is 15.4. The third-order valence-electron chi connectivity index (χ3n) is 2.74. The average Bonchev–Trinajstić information content (AvgIpc) is 2.41. The maximum absolute atomic E-state index is 11.8. The van der Waals surface area contributed by atoms with Gasteiger partial charge in [-0.05, 0) is 42.8 Å². The van der Waals surface area contributed by atoms with Crippen molar-refractivity contribution in [2.24, 2.45) is 0 Å². The van der Waals surface area contributed by atoms with Crippen molar-refractivity contribution < 1.29 is 9.59 Å². The molecule has 0 heterocycles. The Kier molecular flexibility index (Phi) is 4.59. The number of benzene rings is 2.